The van der Waals surface area contributed by atoms with Crippen molar-refractivity contribution in [1.29, 1.82) is 0 Å². The minimum Gasteiger partial charge on any atom is -0.457 e. The summed E-state index contributed by atoms with van der Waals surface area (Å²) in [5.74, 6) is 0.664. The number of likely N-dealkylation sites (N-methyl/N-ethyl adjacent to an activating group) is 1. The van der Waals surface area contributed by atoms with Crippen molar-refractivity contribution in [2.75, 3.05) is 19.6 Å². The monoisotopic (exact) mass is 488 g/mol. The number of rotatable bonds is 9. The maximum Gasteiger partial charge on any atom is 0.322 e. The Balaban J connectivity index is 1.69. The van der Waals surface area contributed by atoms with Crippen molar-refractivity contribution in [2.24, 2.45) is 5.92 Å². The Morgan fingerprint density at radius 2 is 1.89 bits per heavy atom. The van der Waals surface area contributed by atoms with Gasteiger partial charge < -0.3 is 20.3 Å². The molecule has 4 rings (SSSR count). The van der Waals surface area contributed by atoms with E-state index in [-0.39, 0.29) is 30.3 Å². The van der Waals surface area contributed by atoms with Crippen LogP contribution in [-0.4, -0.2) is 53.3 Å². The first-order valence-electron chi connectivity index (χ1n) is 12.2. The van der Waals surface area contributed by atoms with Crippen molar-refractivity contribution in [2.45, 2.75) is 32.9 Å². The molecule has 2 aliphatic rings. The molecule has 188 valence electrons. The lowest BCUT2D eigenvalue weighted by atomic mass is 9.95. The summed E-state index contributed by atoms with van der Waals surface area (Å²) < 4.78 is 5.98. The molecule has 0 aliphatic carbocycles. The minimum absolute atomic E-state index is 0.125. The second-order valence-corrected chi connectivity index (χ2v) is 9.13. The second-order valence-electron chi connectivity index (χ2n) is 9.13. The van der Waals surface area contributed by atoms with E-state index in [0.29, 0.717) is 35.9 Å². The highest BCUT2D eigenvalue weighted by Crippen LogP contribution is 2.38. The highest BCUT2D eigenvalue weighted by atomic mass is 16.5. The van der Waals surface area contributed by atoms with Gasteiger partial charge in [0, 0.05) is 13.1 Å². The predicted molar refractivity (Wildman–Crippen MR) is 137 cm³/mol. The van der Waals surface area contributed by atoms with Crippen LogP contribution in [0.1, 0.15) is 32.4 Å². The molecule has 2 N–H and O–H groups in total. The van der Waals surface area contributed by atoms with Crippen LogP contribution in [0.4, 0.5) is 4.79 Å². The Bertz CT molecular complexity index is 1190. The summed E-state index contributed by atoms with van der Waals surface area (Å²) in [4.78, 5) is 43.0. The van der Waals surface area contributed by atoms with E-state index in [1.165, 1.54) is 0 Å². The summed E-state index contributed by atoms with van der Waals surface area (Å²) in [5, 5.41) is 5.81. The van der Waals surface area contributed by atoms with E-state index < -0.39 is 12.1 Å². The van der Waals surface area contributed by atoms with Gasteiger partial charge in [-0.2, -0.15) is 0 Å². The molecule has 0 bridgehead atoms. The number of nitrogens with one attached hydrogen (secondary N) is 2. The van der Waals surface area contributed by atoms with E-state index in [9.17, 15) is 14.4 Å². The zero-order chi connectivity index (χ0) is 25.8. The van der Waals surface area contributed by atoms with Gasteiger partial charge in [0.2, 0.25) is 5.91 Å². The molecule has 4 amide bonds. The van der Waals surface area contributed by atoms with Gasteiger partial charge in [0.25, 0.3) is 5.91 Å². The summed E-state index contributed by atoms with van der Waals surface area (Å²) in [5.41, 5.74) is 1.84. The number of carbonyl (C=O) groups is 3. The van der Waals surface area contributed by atoms with Gasteiger partial charge in [0.15, 0.2) is 0 Å². The van der Waals surface area contributed by atoms with Crippen molar-refractivity contribution in [3.8, 4) is 11.5 Å². The van der Waals surface area contributed by atoms with Gasteiger partial charge in [-0.05, 0) is 42.7 Å². The number of hydrogen-bond acceptors (Lipinski definition) is 4. The summed E-state index contributed by atoms with van der Waals surface area (Å²) in [6.45, 7) is 10.2. The molecule has 2 heterocycles. The molecule has 0 fully saturated rings. The lowest BCUT2D eigenvalue weighted by Crippen LogP contribution is -2.51. The summed E-state index contributed by atoms with van der Waals surface area (Å²) in [7, 11) is 0. The van der Waals surface area contributed by atoms with Crippen molar-refractivity contribution in [3.63, 3.8) is 0 Å². The number of hydrogen-bond donors (Lipinski definition) is 2. The molecular weight excluding hydrogens is 456 g/mol. The van der Waals surface area contributed by atoms with Crippen LogP contribution < -0.4 is 15.4 Å². The summed E-state index contributed by atoms with van der Waals surface area (Å²) >= 11 is 0. The highest BCUT2D eigenvalue weighted by Gasteiger charge is 2.47. The van der Waals surface area contributed by atoms with Gasteiger partial charge in [0.1, 0.15) is 17.5 Å². The van der Waals surface area contributed by atoms with Gasteiger partial charge in [-0.3, -0.25) is 14.5 Å². The molecule has 2 aromatic rings. The van der Waals surface area contributed by atoms with Crippen molar-refractivity contribution in [1.82, 2.24) is 20.4 Å². The van der Waals surface area contributed by atoms with Gasteiger partial charge in [0.05, 0.1) is 23.9 Å². The number of amides is 4. The van der Waals surface area contributed by atoms with Crippen LogP contribution in [-0.2, 0) is 9.59 Å². The quantitative estimate of drug-likeness (QED) is 0.522. The molecule has 2 aromatic carbocycles. The fourth-order valence-corrected chi connectivity index (χ4v) is 4.79. The van der Waals surface area contributed by atoms with Crippen LogP contribution >= 0.6 is 0 Å². The Labute approximate surface area is 211 Å². The number of nitrogens with zero attached hydrogens (tertiary/aromatic N) is 2. The zero-order valence-electron chi connectivity index (χ0n) is 20.9. The first-order chi connectivity index (χ1) is 17.3. The summed E-state index contributed by atoms with van der Waals surface area (Å²) in [6, 6.07) is 15.2. The van der Waals surface area contributed by atoms with Crippen molar-refractivity contribution >= 4 is 17.8 Å². The van der Waals surface area contributed by atoms with Crippen LogP contribution in [0.3, 0.4) is 0 Å². The Morgan fingerprint density at radius 1 is 1.17 bits per heavy atom. The van der Waals surface area contributed by atoms with E-state index in [4.69, 9.17) is 4.74 Å². The molecule has 0 radical (unpaired) electrons. The average Bonchev–Trinajstić information content (AvgIpc) is 3.19. The molecule has 2 aliphatic heterocycles. The first-order valence-corrected chi connectivity index (χ1v) is 12.2. The van der Waals surface area contributed by atoms with Crippen LogP contribution in [0.2, 0.25) is 0 Å². The maximum atomic E-state index is 13.9. The molecule has 0 unspecified atom stereocenters. The Hall–Kier alpha value is -4.07. The number of carbonyl (C=O) groups excluding carboxylic acids is 3. The average molecular weight is 489 g/mol. The summed E-state index contributed by atoms with van der Waals surface area (Å²) in [6.07, 6.45) is 1.60. The smallest absolute Gasteiger partial charge is 0.322 e. The SMILES string of the molecule is C=CCNC(=O)[C@H](C(C)C)N1CC2=C(C1=O)[C@@H](c1cccc(Oc3ccccc3)c1)NC(=O)N2CC. The third-order valence-electron chi connectivity index (χ3n) is 6.39. The van der Waals surface area contributed by atoms with Gasteiger partial charge in [-0.1, -0.05) is 50.3 Å². The highest BCUT2D eigenvalue weighted by molar-refractivity contribution is 6.03. The van der Waals surface area contributed by atoms with Crippen LogP contribution in [0.15, 0.2) is 78.5 Å². The lowest BCUT2D eigenvalue weighted by Gasteiger charge is -2.33. The molecule has 0 saturated heterocycles. The van der Waals surface area contributed by atoms with Crippen molar-refractivity contribution in [3.05, 3.63) is 84.1 Å². The molecule has 8 nitrogen and oxygen atoms in total. The van der Waals surface area contributed by atoms with E-state index in [2.05, 4.69) is 17.2 Å². The molecule has 0 spiro atoms. The zero-order valence-corrected chi connectivity index (χ0v) is 20.9. The normalized spacial score (nSPS) is 18.2. The lowest BCUT2D eigenvalue weighted by molar-refractivity contribution is -0.138. The van der Waals surface area contributed by atoms with E-state index in [1.54, 1.807) is 15.9 Å². The molecule has 0 saturated carbocycles. The third-order valence-corrected chi connectivity index (χ3v) is 6.39. The first kappa shape index (κ1) is 25.0. The van der Waals surface area contributed by atoms with Gasteiger partial charge in [-0.25, -0.2) is 4.79 Å². The molecular formula is C28H32N4O4. The Morgan fingerprint density at radius 3 is 2.56 bits per heavy atom. The largest absolute Gasteiger partial charge is 0.457 e. The Kier molecular flexibility index (Phi) is 7.43. The fourth-order valence-electron chi connectivity index (χ4n) is 4.79. The maximum absolute atomic E-state index is 13.9. The third kappa shape index (κ3) is 4.84. The van der Waals surface area contributed by atoms with Gasteiger partial charge >= 0.3 is 6.03 Å². The van der Waals surface area contributed by atoms with E-state index >= 15 is 0 Å². The topological polar surface area (TPSA) is 91.0 Å². The molecule has 36 heavy (non-hydrogen) atoms. The van der Waals surface area contributed by atoms with Gasteiger partial charge in [-0.15, -0.1) is 6.58 Å². The fraction of sp³-hybridized carbons (Fsp3) is 0.321. The number of urea groups is 1. The number of benzene rings is 2. The number of para-hydroxylation sites is 1. The standard InChI is InChI=1S/C28H32N4O4/c1-5-15-29-26(33)25(18(3)4)32-17-22-23(27(32)34)24(30-28(35)31(22)6-2)19-11-10-14-21(16-19)36-20-12-8-7-9-13-20/h5,7-14,16,18,24-25H,1,6,15,17H2,2-4H3,(H,29,33)(H,30,35)/t24-,25+/m1/s1. The number of ether oxygens (including phenoxy) is 1. The minimum atomic E-state index is -0.676. The van der Waals surface area contributed by atoms with E-state index in [0.717, 1.165) is 5.56 Å². The second kappa shape index (κ2) is 10.7. The molecule has 2 atom stereocenters. The molecule has 8 heteroatoms. The molecule has 0 aromatic heterocycles. The predicted octanol–water partition coefficient (Wildman–Crippen LogP) is 3.99. The van der Waals surface area contributed by atoms with Crippen LogP contribution in [0.25, 0.3) is 0 Å². The van der Waals surface area contributed by atoms with Crippen molar-refractivity contribution < 1.29 is 19.1 Å². The van der Waals surface area contributed by atoms with E-state index in [1.807, 2.05) is 75.4 Å². The van der Waals surface area contributed by atoms with Crippen LogP contribution in [0.5, 0.6) is 11.5 Å². The van der Waals surface area contributed by atoms with Crippen LogP contribution in [0, 0.1) is 5.92 Å².